The Kier molecular flexibility index (Phi) is 3.78. The van der Waals surface area contributed by atoms with Crippen molar-refractivity contribution in [3.05, 3.63) is 66.1 Å². The number of carbonyl (C=O) groups is 3. The number of imide groups is 1. The van der Waals surface area contributed by atoms with E-state index in [0.29, 0.717) is 5.69 Å². The standard InChI is InChI=1S/C21H18N4O4/c26-18-15-16(19(27)24-18)21(20(28)29,25-17(15)14-7-3-4-8-22-14)9-11-10-23-13-6-2-1-5-12(11)13/h1-8,10,15-17,23,25H,9H2,(H,28,29)(H,24,26,27). The van der Waals surface area contributed by atoms with Gasteiger partial charge in [-0.2, -0.15) is 0 Å². The van der Waals surface area contributed by atoms with Crippen LogP contribution in [0.4, 0.5) is 0 Å². The number of carboxylic acids is 1. The van der Waals surface area contributed by atoms with Crippen molar-refractivity contribution in [2.45, 2.75) is 18.0 Å². The third-order valence-corrected chi connectivity index (χ3v) is 6.03. The van der Waals surface area contributed by atoms with Gasteiger partial charge in [0.25, 0.3) is 0 Å². The quantitative estimate of drug-likeness (QED) is 0.496. The Labute approximate surface area is 165 Å². The average Bonchev–Trinajstić information content (AvgIpc) is 3.37. The van der Waals surface area contributed by atoms with Crippen LogP contribution in [-0.4, -0.2) is 38.4 Å². The molecule has 146 valence electrons. The van der Waals surface area contributed by atoms with Crippen LogP contribution in [0, 0.1) is 11.8 Å². The molecule has 4 atom stereocenters. The van der Waals surface area contributed by atoms with E-state index in [4.69, 9.17) is 0 Å². The summed E-state index contributed by atoms with van der Waals surface area (Å²) in [6.07, 6.45) is 3.40. The number of nitrogens with zero attached hydrogens (tertiary/aromatic N) is 1. The maximum absolute atomic E-state index is 12.7. The molecule has 0 radical (unpaired) electrons. The van der Waals surface area contributed by atoms with Crippen molar-refractivity contribution >= 4 is 28.7 Å². The van der Waals surface area contributed by atoms with Crippen molar-refractivity contribution < 1.29 is 19.5 Å². The summed E-state index contributed by atoms with van der Waals surface area (Å²) in [6, 6.07) is 12.1. The van der Waals surface area contributed by atoms with Crippen LogP contribution in [0.1, 0.15) is 17.3 Å². The summed E-state index contributed by atoms with van der Waals surface area (Å²) in [5.74, 6) is -4.06. The summed E-state index contributed by atoms with van der Waals surface area (Å²) in [6.45, 7) is 0. The molecule has 0 aliphatic carbocycles. The fourth-order valence-corrected chi connectivity index (χ4v) is 4.76. The first kappa shape index (κ1) is 17.6. The minimum Gasteiger partial charge on any atom is -0.480 e. The second-order valence-electron chi connectivity index (χ2n) is 7.55. The molecule has 4 unspecified atom stereocenters. The van der Waals surface area contributed by atoms with Gasteiger partial charge in [-0.15, -0.1) is 0 Å². The largest absolute Gasteiger partial charge is 0.480 e. The number of benzene rings is 1. The molecular weight excluding hydrogens is 372 g/mol. The second-order valence-corrected chi connectivity index (χ2v) is 7.55. The summed E-state index contributed by atoms with van der Waals surface area (Å²) in [5.41, 5.74) is 0.553. The molecule has 2 saturated heterocycles. The molecule has 0 spiro atoms. The van der Waals surface area contributed by atoms with Gasteiger partial charge >= 0.3 is 5.97 Å². The minimum atomic E-state index is -1.63. The highest BCUT2D eigenvalue weighted by Gasteiger charge is 2.66. The Hall–Kier alpha value is -3.52. The Balaban J connectivity index is 1.64. The minimum absolute atomic E-state index is 0.0531. The Morgan fingerprint density at radius 2 is 1.90 bits per heavy atom. The highest BCUT2D eigenvalue weighted by Crippen LogP contribution is 2.47. The van der Waals surface area contributed by atoms with E-state index in [-0.39, 0.29) is 6.42 Å². The van der Waals surface area contributed by atoms with Gasteiger partial charge in [0.15, 0.2) is 0 Å². The van der Waals surface area contributed by atoms with E-state index in [2.05, 4.69) is 20.6 Å². The molecule has 2 aliphatic rings. The van der Waals surface area contributed by atoms with Crippen LogP contribution in [0.5, 0.6) is 0 Å². The number of carbonyl (C=O) groups excluding carboxylic acids is 2. The Morgan fingerprint density at radius 1 is 1.10 bits per heavy atom. The highest BCUT2D eigenvalue weighted by molar-refractivity contribution is 6.09. The molecule has 2 aromatic heterocycles. The predicted molar refractivity (Wildman–Crippen MR) is 103 cm³/mol. The van der Waals surface area contributed by atoms with E-state index in [0.717, 1.165) is 16.5 Å². The van der Waals surface area contributed by atoms with Crippen LogP contribution in [0.25, 0.3) is 10.9 Å². The summed E-state index contributed by atoms with van der Waals surface area (Å²) >= 11 is 0. The number of para-hydroxylation sites is 1. The zero-order valence-corrected chi connectivity index (χ0v) is 15.3. The van der Waals surface area contributed by atoms with Crippen molar-refractivity contribution in [3.8, 4) is 0 Å². The van der Waals surface area contributed by atoms with Gasteiger partial charge in [0, 0.05) is 29.7 Å². The van der Waals surface area contributed by atoms with E-state index in [9.17, 15) is 19.5 Å². The molecule has 5 rings (SSSR count). The fourth-order valence-electron chi connectivity index (χ4n) is 4.76. The number of pyridine rings is 1. The number of hydrogen-bond acceptors (Lipinski definition) is 5. The van der Waals surface area contributed by atoms with Gasteiger partial charge in [-0.05, 0) is 23.8 Å². The smallest absolute Gasteiger partial charge is 0.325 e. The molecule has 8 heteroatoms. The van der Waals surface area contributed by atoms with Gasteiger partial charge in [0.05, 0.1) is 23.6 Å². The second kappa shape index (κ2) is 6.25. The van der Waals surface area contributed by atoms with Crippen LogP contribution < -0.4 is 10.6 Å². The lowest BCUT2D eigenvalue weighted by Crippen LogP contribution is -2.57. The van der Waals surface area contributed by atoms with Crippen molar-refractivity contribution in [1.82, 2.24) is 20.6 Å². The van der Waals surface area contributed by atoms with E-state index in [1.165, 1.54) is 0 Å². The van der Waals surface area contributed by atoms with Crippen molar-refractivity contribution in [2.24, 2.45) is 11.8 Å². The maximum atomic E-state index is 12.7. The summed E-state index contributed by atoms with van der Waals surface area (Å²) in [7, 11) is 0. The zero-order chi connectivity index (χ0) is 20.2. The number of aromatic amines is 1. The van der Waals surface area contributed by atoms with E-state index in [1.54, 1.807) is 30.6 Å². The first-order chi connectivity index (χ1) is 14.0. The predicted octanol–water partition coefficient (Wildman–Crippen LogP) is 1.16. The van der Waals surface area contributed by atoms with Crippen molar-refractivity contribution in [2.75, 3.05) is 0 Å². The third-order valence-electron chi connectivity index (χ3n) is 6.03. The molecule has 2 aliphatic heterocycles. The van der Waals surface area contributed by atoms with Gasteiger partial charge in [0.1, 0.15) is 5.54 Å². The number of rotatable bonds is 4. The highest BCUT2D eigenvalue weighted by atomic mass is 16.4. The monoisotopic (exact) mass is 390 g/mol. The van der Waals surface area contributed by atoms with E-state index >= 15 is 0 Å². The zero-order valence-electron chi connectivity index (χ0n) is 15.3. The lowest BCUT2D eigenvalue weighted by atomic mass is 9.76. The number of hydrogen-bond donors (Lipinski definition) is 4. The number of aliphatic carboxylic acids is 1. The molecule has 29 heavy (non-hydrogen) atoms. The fraction of sp³-hybridized carbons (Fsp3) is 0.238. The van der Waals surface area contributed by atoms with Crippen LogP contribution in [0.15, 0.2) is 54.9 Å². The Bertz CT molecular complexity index is 1140. The SMILES string of the molecule is O=C1NC(=O)C2C1C(c1ccccn1)NC2(Cc1c[nH]c2ccccc12)C(=O)O. The first-order valence-corrected chi connectivity index (χ1v) is 9.33. The van der Waals surface area contributed by atoms with Crippen LogP contribution in [0.3, 0.4) is 0 Å². The van der Waals surface area contributed by atoms with Crippen molar-refractivity contribution in [3.63, 3.8) is 0 Å². The Morgan fingerprint density at radius 3 is 2.66 bits per heavy atom. The van der Waals surface area contributed by atoms with Gasteiger partial charge in [-0.3, -0.25) is 30.0 Å². The number of aromatic nitrogens is 2. The normalized spacial score (nSPS) is 28.5. The first-order valence-electron chi connectivity index (χ1n) is 9.33. The molecule has 1 aromatic carbocycles. The van der Waals surface area contributed by atoms with Gasteiger partial charge in [-0.25, -0.2) is 0 Å². The molecule has 0 saturated carbocycles. The molecule has 3 aromatic rings. The number of carboxylic acid groups (broad SMARTS) is 1. The van der Waals surface area contributed by atoms with E-state index < -0.39 is 41.2 Å². The molecule has 4 heterocycles. The molecule has 8 nitrogen and oxygen atoms in total. The lowest BCUT2D eigenvalue weighted by Gasteiger charge is -2.29. The van der Waals surface area contributed by atoms with Gasteiger partial charge in [-0.1, -0.05) is 24.3 Å². The molecule has 2 amide bonds. The number of H-pyrrole nitrogens is 1. The lowest BCUT2D eigenvalue weighted by molar-refractivity contribution is -0.149. The summed E-state index contributed by atoms with van der Waals surface area (Å²) < 4.78 is 0. The topological polar surface area (TPSA) is 124 Å². The third kappa shape index (κ3) is 2.49. The van der Waals surface area contributed by atoms with Crippen LogP contribution in [-0.2, 0) is 20.8 Å². The number of nitrogens with one attached hydrogen (secondary N) is 3. The van der Waals surface area contributed by atoms with Gasteiger partial charge in [0.2, 0.25) is 11.8 Å². The van der Waals surface area contributed by atoms with Crippen LogP contribution >= 0.6 is 0 Å². The molecule has 4 N–H and O–H groups in total. The van der Waals surface area contributed by atoms with Crippen molar-refractivity contribution in [1.29, 1.82) is 0 Å². The van der Waals surface area contributed by atoms with Gasteiger partial charge < -0.3 is 10.1 Å². The van der Waals surface area contributed by atoms with Crippen LogP contribution in [0.2, 0.25) is 0 Å². The number of amides is 2. The molecule has 0 bridgehead atoms. The average molecular weight is 390 g/mol. The maximum Gasteiger partial charge on any atom is 0.325 e. The molecule has 2 fully saturated rings. The van der Waals surface area contributed by atoms with E-state index in [1.807, 2.05) is 24.3 Å². The summed E-state index contributed by atoms with van der Waals surface area (Å²) in [5, 5.41) is 16.6. The summed E-state index contributed by atoms with van der Waals surface area (Å²) in [4.78, 5) is 45.3. The molecular formula is C21H18N4O4. The number of fused-ring (bicyclic) bond motifs is 2.